The Hall–Kier alpha value is -0.500. The highest BCUT2D eigenvalue weighted by atomic mass is 16.5. The predicted molar refractivity (Wildman–Crippen MR) is 53.4 cm³/mol. The molecule has 13 heavy (non-hydrogen) atoms. The molecule has 0 aromatic rings. The molecular weight excluding hydrogens is 162 g/mol. The van der Waals surface area contributed by atoms with Gasteiger partial charge in [-0.1, -0.05) is 13.8 Å². The van der Waals surface area contributed by atoms with Crippen molar-refractivity contribution in [2.24, 2.45) is 5.41 Å². The molecule has 1 aliphatic carbocycles. The van der Waals surface area contributed by atoms with Crippen molar-refractivity contribution < 1.29 is 4.74 Å². The van der Waals surface area contributed by atoms with Gasteiger partial charge in [-0.15, -0.1) is 0 Å². The molecule has 1 heterocycles. The molecule has 2 heteroatoms. The van der Waals surface area contributed by atoms with Crippen molar-refractivity contribution in [1.29, 1.82) is 0 Å². The molecule has 74 valence electrons. The first-order chi connectivity index (χ1) is 6.18. The van der Waals surface area contributed by atoms with E-state index in [0.717, 1.165) is 19.0 Å². The molecule has 0 spiro atoms. The Morgan fingerprint density at radius 2 is 2.31 bits per heavy atom. The third-order valence-electron chi connectivity index (χ3n) is 3.13. The van der Waals surface area contributed by atoms with E-state index in [1.807, 2.05) is 6.26 Å². The summed E-state index contributed by atoms with van der Waals surface area (Å²) in [6, 6.07) is 0.724. The quantitative estimate of drug-likeness (QED) is 0.719. The van der Waals surface area contributed by atoms with Gasteiger partial charge in [0.25, 0.3) is 0 Å². The highest BCUT2D eigenvalue weighted by Crippen LogP contribution is 2.44. The maximum atomic E-state index is 5.48. The van der Waals surface area contributed by atoms with Gasteiger partial charge < -0.3 is 10.1 Å². The van der Waals surface area contributed by atoms with Gasteiger partial charge >= 0.3 is 0 Å². The van der Waals surface area contributed by atoms with E-state index in [0.29, 0.717) is 11.5 Å². The second kappa shape index (κ2) is 3.33. The summed E-state index contributed by atoms with van der Waals surface area (Å²) in [4.78, 5) is 0. The lowest BCUT2D eigenvalue weighted by atomic mass is 10.1. The molecule has 0 amide bonds. The van der Waals surface area contributed by atoms with E-state index in [9.17, 15) is 0 Å². The summed E-state index contributed by atoms with van der Waals surface area (Å²) in [6.45, 7) is 5.64. The van der Waals surface area contributed by atoms with Crippen LogP contribution in [0.15, 0.2) is 12.3 Å². The summed E-state index contributed by atoms with van der Waals surface area (Å²) in [5, 5.41) is 3.56. The standard InChI is InChI=1S/C11H19NO/c1-11(2)7-10(11)12-8-9-5-3-4-6-13-9/h4,6,9-10,12H,3,5,7-8H2,1-2H3. The lowest BCUT2D eigenvalue weighted by Crippen LogP contribution is -2.32. The van der Waals surface area contributed by atoms with Gasteiger partial charge in [0.15, 0.2) is 0 Å². The van der Waals surface area contributed by atoms with Crippen molar-refractivity contribution in [1.82, 2.24) is 5.32 Å². The van der Waals surface area contributed by atoms with Gasteiger partial charge in [-0.25, -0.2) is 0 Å². The molecule has 0 radical (unpaired) electrons. The zero-order chi connectivity index (χ0) is 9.31. The highest BCUT2D eigenvalue weighted by molar-refractivity contribution is 5.01. The van der Waals surface area contributed by atoms with Crippen molar-refractivity contribution in [3.63, 3.8) is 0 Å². The minimum Gasteiger partial charge on any atom is -0.497 e. The first-order valence-electron chi connectivity index (χ1n) is 5.22. The number of ether oxygens (including phenoxy) is 1. The summed E-state index contributed by atoms with van der Waals surface area (Å²) < 4.78 is 5.48. The molecule has 0 bridgehead atoms. The van der Waals surface area contributed by atoms with E-state index < -0.39 is 0 Å². The molecule has 2 aliphatic rings. The minimum atomic E-state index is 0.404. The smallest absolute Gasteiger partial charge is 0.110 e. The third-order valence-corrected chi connectivity index (χ3v) is 3.13. The van der Waals surface area contributed by atoms with Gasteiger partial charge in [-0.3, -0.25) is 0 Å². The van der Waals surface area contributed by atoms with E-state index in [1.54, 1.807) is 0 Å². The Balaban J connectivity index is 1.66. The van der Waals surface area contributed by atoms with Gasteiger partial charge in [0.2, 0.25) is 0 Å². The minimum absolute atomic E-state index is 0.404. The van der Waals surface area contributed by atoms with Crippen LogP contribution in [0.5, 0.6) is 0 Å². The van der Waals surface area contributed by atoms with Gasteiger partial charge in [-0.05, 0) is 30.8 Å². The van der Waals surface area contributed by atoms with Crippen molar-refractivity contribution in [3.05, 3.63) is 12.3 Å². The van der Waals surface area contributed by atoms with E-state index in [2.05, 4.69) is 25.2 Å². The first kappa shape index (κ1) is 9.07. The lowest BCUT2D eigenvalue weighted by molar-refractivity contribution is 0.121. The van der Waals surface area contributed by atoms with E-state index in [-0.39, 0.29) is 0 Å². The van der Waals surface area contributed by atoms with Crippen LogP contribution in [-0.2, 0) is 4.74 Å². The van der Waals surface area contributed by atoms with Crippen molar-refractivity contribution in [3.8, 4) is 0 Å². The SMILES string of the molecule is CC1(C)CC1NCC1CCC=CO1. The summed E-state index contributed by atoms with van der Waals surface area (Å²) in [7, 11) is 0. The summed E-state index contributed by atoms with van der Waals surface area (Å²) in [5.41, 5.74) is 0.532. The maximum Gasteiger partial charge on any atom is 0.110 e. The Morgan fingerprint density at radius 1 is 1.54 bits per heavy atom. The molecule has 1 aliphatic heterocycles. The average molecular weight is 181 g/mol. The fraction of sp³-hybridized carbons (Fsp3) is 0.818. The number of hydrogen-bond acceptors (Lipinski definition) is 2. The van der Waals surface area contributed by atoms with Crippen LogP contribution in [0.25, 0.3) is 0 Å². The molecule has 0 aromatic heterocycles. The molecule has 0 aromatic carbocycles. The van der Waals surface area contributed by atoms with Crippen molar-refractivity contribution >= 4 is 0 Å². The zero-order valence-electron chi connectivity index (χ0n) is 8.55. The topological polar surface area (TPSA) is 21.3 Å². The fourth-order valence-corrected chi connectivity index (χ4v) is 1.82. The Labute approximate surface area is 80.4 Å². The third kappa shape index (κ3) is 2.25. The molecule has 2 atom stereocenters. The van der Waals surface area contributed by atoms with Crippen LogP contribution < -0.4 is 5.32 Å². The molecule has 1 fully saturated rings. The van der Waals surface area contributed by atoms with Crippen LogP contribution in [0.3, 0.4) is 0 Å². The average Bonchev–Trinajstić information content (AvgIpc) is 2.73. The van der Waals surface area contributed by atoms with Crippen molar-refractivity contribution in [2.75, 3.05) is 6.54 Å². The highest BCUT2D eigenvalue weighted by Gasteiger charge is 2.45. The summed E-state index contributed by atoms with van der Waals surface area (Å²) in [5.74, 6) is 0. The Morgan fingerprint density at radius 3 is 2.85 bits per heavy atom. The number of allylic oxidation sites excluding steroid dienone is 1. The molecule has 1 saturated carbocycles. The van der Waals surface area contributed by atoms with E-state index in [4.69, 9.17) is 4.74 Å². The van der Waals surface area contributed by atoms with Gasteiger partial charge in [0.1, 0.15) is 6.10 Å². The van der Waals surface area contributed by atoms with E-state index >= 15 is 0 Å². The Bertz CT molecular complexity index is 210. The van der Waals surface area contributed by atoms with Crippen LogP contribution >= 0.6 is 0 Å². The number of hydrogen-bond donors (Lipinski definition) is 1. The maximum absolute atomic E-state index is 5.48. The molecular formula is C11H19NO. The largest absolute Gasteiger partial charge is 0.497 e. The first-order valence-corrected chi connectivity index (χ1v) is 5.22. The molecule has 1 N–H and O–H groups in total. The second-order valence-corrected chi connectivity index (χ2v) is 4.86. The summed E-state index contributed by atoms with van der Waals surface area (Å²) in [6.07, 6.45) is 7.99. The molecule has 0 saturated heterocycles. The predicted octanol–water partition coefficient (Wildman–Crippen LogP) is 2.07. The second-order valence-electron chi connectivity index (χ2n) is 4.86. The van der Waals surface area contributed by atoms with Crippen LogP contribution in [0.2, 0.25) is 0 Å². The van der Waals surface area contributed by atoms with Crippen LogP contribution in [0.4, 0.5) is 0 Å². The zero-order valence-corrected chi connectivity index (χ0v) is 8.55. The van der Waals surface area contributed by atoms with Crippen LogP contribution in [0.1, 0.15) is 33.1 Å². The number of rotatable bonds is 3. The molecule has 2 rings (SSSR count). The van der Waals surface area contributed by atoms with Crippen LogP contribution in [0, 0.1) is 5.41 Å². The lowest BCUT2D eigenvalue weighted by Gasteiger charge is -2.20. The Kier molecular flexibility index (Phi) is 2.33. The summed E-state index contributed by atoms with van der Waals surface area (Å²) >= 11 is 0. The van der Waals surface area contributed by atoms with Gasteiger partial charge in [0, 0.05) is 12.6 Å². The fourth-order valence-electron chi connectivity index (χ4n) is 1.82. The monoisotopic (exact) mass is 181 g/mol. The van der Waals surface area contributed by atoms with Crippen LogP contribution in [-0.4, -0.2) is 18.7 Å². The molecule has 2 nitrogen and oxygen atoms in total. The van der Waals surface area contributed by atoms with Gasteiger partial charge in [0.05, 0.1) is 6.26 Å². The van der Waals surface area contributed by atoms with E-state index in [1.165, 1.54) is 12.8 Å². The number of nitrogens with one attached hydrogen (secondary N) is 1. The van der Waals surface area contributed by atoms with Crippen molar-refractivity contribution in [2.45, 2.75) is 45.3 Å². The normalized spacial score (nSPS) is 35.5. The molecule has 2 unspecified atom stereocenters. The van der Waals surface area contributed by atoms with Gasteiger partial charge in [-0.2, -0.15) is 0 Å².